The van der Waals surface area contributed by atoms with Gasteiger partial charge < -0.3 is 10.6 Å². The number of nitrogens with zero attached hydrogens (tertiary/aromatic N) is 1. The molecular formula is C17H24FN3O4S. The quantitative estimate of drug-likeness (QED) is 0.723. The highest BCUT2D eigenvalue weighted by Gasteiger charge is 2.30. The number of carbonyl (C=O) groups excluding carboxylic acids is 2. The van der Waals surface area contributed by atoms with E-state index in [-0.39, 0.29) is 35.9 Å². The molecule has 2 rings (SSSR count). The van der Waals surface area contributed by atoms with Gasteiger partial charge in [-0.2, -0.15) is 0 Å². The van der Waals surface area contributed by atoms with E-state index in [1.54, 1.807) is 11.8 Å². The molecule has 0 aliphatic carbocycles. The number of sulfone groups is 1. The first kappa shape index (κ1) is 20.3. The minimum atomic E-state index is -3.06. The van der Waals surface area contributed by atoms with Crippen molar-refractivity contribution < 1.29 is 22.4 Å². The fraction of sp³-hybridized carbons (Fsp3) is 0.529. The van der Waals surface area contributed by atoms with Gasteiger partial charge in [0.1, 0.15) is 5.82 Å². The molecule has 0 unspecified atom stereocenters. The maximum Gasteiger partial charge on any atom is 0.241 e. The molecule has 1 heterocycles. The summed E-state index contributed by atoms with van der Waals surface area (Å²) in [6.07, 6.45) is 0.417. The molecule has 7 nitrogen and oxygen atoms in total. The smallest absolute Gasteiger partial charge is 0.241 e. The highest BCUT2D eigenvalue weighted by Crippen LogP contribution is 2.12. The monoisotopic (exact) mass is 385 g/mol. The number of rotatable bonds is 7. The third kappa shape index (κ3) is 5.77. The lowest BCUT2D eigenvalue weighted by Crippen LogP contribution is -2.48. The molecule has 1 aromatic carbocycles. The molecule has 144 valence electrons. The molecule has 0 aromatic heterocycles. The Morgan fingerprint density at radius 1 is 1.31 bits per heavy atom. The second-order valence-corrected chi connectivity index (χ2v) is 8.63. The van der Waals surface area contributed by atoms with Crippen LogP contribution >= 0.6 is 0 Å². The Morgan fingerprint density at radius 3 is 2.50 bits per heavy atom. The van der Waals surface area contributed by atoms with E-state index in [0.717, 1.165) is 0 Å². The average Bonchev–Trinajstić information content (AvgIpc) is 2.92. The highest BCUT2D eigenvalue weighted by molar-refractivity contribution is 7.91. The molecule has 0 bridgehead atoms. The topological polar surface area (TPSA) is 95.6 Å². The van der Waals surface area contributed by atoms with E-state index in [1.165, 1.54) is 24.3 Å². The Bertz CT molecular complexity index is 752. The molecule has 2 atom stereocenters. The second kappa shape index (κ2) is 8.59. The van der Waals surface area contributed by atoms with Gasteiger partial charge in [-0.05, 0) is 44.2 Å². The summed E-state index contributed by atoms with van der Waals surface area (Å²) in [4.78, 5) is 26.2. The summed E-state index contributed by atoms with van der Waals surface area (Å²) >= 11 is 0. The number of carbonyl (C=O) groups is 2. The van der Waals surface area contributed by atoms with E-state index in [0.29, 0.717) is 18.7 Å². The molecule has 2 N–H and O–H groups in total. The van der Waals surface area contributed by atoms with Crippen molar-refractivity contribution in [2.75, 3.05) is 29.9 Å². The van der Waals surface area contributed by atoms with Crippen LogP contribution in [0.1, 0.15) is 20.3 Å². The van der Waals surface area contributed by atoms with Gasteiger partial charge in [-0.25, -0.2) is 12.8 Å². The van der Waals surface area contributed by atoms with E-state index in [2.05, 4.69) is 10.6 Å². The van der Waals surface area contributed by atoms with Crippen molar-refractivity contribution in [1.29, 1.82) is 0 Å². The summed E-state index contributed by atoms with van der Waals surface area (Å²) in [5.74, 6) is -0.959. The van der Waals surface area contributed by atoms with Crippen LogP contribution in [0.15, 0.2) is 24.3 Å². The summed E-state index contributed by atoms with van der Waals surface area (Å²) in [6.45, 7) is 3.96. The standard InChI is InChI=1S/C17H24FN3O4S/c1-3-21(10-16(22)19-15-8-9-26(24,25)11-15)12(2)17(23)20-14-6-4-13(18)5-7-14/h4-7,12,15H,3,8-11H2,1-2H3,(H,19,22)(H,20,23)/t12-,15-/m0/s1. The number of benzene rings is 1. The minimum Gasteiger partial charge on any atom is -0.351 e. The van der Waals surface area contributed by atoms with E-state index in [1.807, 2.05) is 6.92 Å². The lowest BCUT2D eigenvalue weighted by atomic mass is 10.2. The van der Waals surface area contributed by atoms with Gasteiger partial charge in [0.25, 0.3) is 0 Å². The molecule has 1 fully saturated rings. The Labute approximate surface area is 152 Å². The van der Waals surface area contributed by atoms with Crippen LogP contribution in [-0.2, 0) is 19.4 Å². The maximum absolute atomic E-state index is 12.9. The molecule has 0 spiro atoms. The number of hydrogen-bond acceptors (Lipinski definition) is 5. The molecule has 26 heavy (non-hydrogen) atoms. The van der Waals surface area contributed by atoms with Gasteiger partial charge in [0.15, 0.2) is 9.84 Å². The third-order valence-corrected chi connectivity index (χ3v) is 6.16. The Hall–Kier alpha value is -2.00. The van der Waals surface area contributed by atoms with Crippen molar-refractivity contribution in [2.24, 2.45) is 0 Å². The first-order chi connectivity index (χ1) is 12.2. The van der Waals surface area contributed by atoms with E-state index < -0.39 is 21.7 Å². The van der Waals surface area contributed by atoms with E-state index >= 15 is 0 Å². The molecule has 1 aliphatic rings. The van der Waals surface area contributed by atoms with Crippen LogP contribution in [0.25, 0.3) is 0 Å². The Morgan fingerprint density at radius 2 is 1.96 bits per heavy atom. The van der Waals surface area contributed by atoms with Crippen molar-refractivity contribution in [1.82, 2.24) is 10.2 Å². The lowest BCUT2D eigenvalue weighted by Gasteiger charge is -2.26. The van der Waals surface area contributed by atoms with Crippen molar-refractivity contribution >= 4 is 27.3 Å². The van der Waals surface area contributed by atoms with Crippen molar-refractivity contribution in [3.8, 4) is 0 Å². The van der Waals surface area contributed by atoms with Crippen molar-refractivity contribution in [2.45, 2.75) is 32.4 Å². The summed E-state index contributed by atoms with van der Waals surface area (Å²) in [5, 5.41) is 5.40. The van der Waals surface area contributed by atoms with Gasteiger partial charge in [-0.15, -0.1) is 0 Å². The Kier molecular flexibility index (Phi) is 6.71. The molecular weight excluding hydrogens is 361 g/mol. The molecule has 1 saturated heterocycles. The van der Waals surface area contributed by atoms with E-state index in [4.69, 9.17) is 0 Å². The number of halogens is 1. The SMILES string of the molecule is CCN(CC(=O)N[C@H]1CCS(=O)(=O)C1)[C@@H](C)C(=O)Nc1ccc(F)cc1. The van der Waals surface area contributed by atoms with Crippen LogP contribution in [0.3, 0.4) is 0 Å². The van der Waals surface area contributed by atoms with Gasteiger partial charge in [0.2, 0.25) is 11.8 Å². The predicted molar refractivity (Wildman–Crippen MR) is 96.9 cm³/mol. The molecule has 1 aliphatic heterocycles. The van der Waals surface area contributed by atoms with Gasteiger partial charge in [0, 0.05) is 11.7 Å². The third-order valence-electron chi connectivity index (χ3n) is 4.39. The first-order valence-electron chi connectivity index (χ1n) is 8.50. The number of hydrogen-bond donors (Lipinski definition) is 2. The fourth-order valence-corrected chi connectivity index (χ4v) is 4.51. The summed E-state index contributed by atoms with van der Waals surface area (Å²) in [6, 6.07) is 4.48. The zero-order valence-electron chi connectivity index (χ0n) is 14.9. The molecule has 0 radical (unpaired) electrons. The average molecular weight is 385 g/mol. The number of anilines is 1. The van der Waals surface area contributed by atoms with E-state index in [9.17, 15) is 22.4 Å². The van der Waals surface area contributed by atoms with Gasteiger partial charge in [-0.1, -0.05) is 6.92 Å². The normalized spacial score (nSPS) is 19.9. The second-order valence-electron chi connectivity index (χ2n) is 6.40. The highest BCUT2D eigenvalue weighted by atomic mass is 32.2. The maximum atomic E-state index is 12.9. The summed E-state index contributed by atoms with van der Waals surface area (Å²) in [7, 11) is -3.06. The zero-order valence-corrected chi connectivity index (χ0v) is 15.7. The molecule has 9 heteroatoms. The predicted octanol–water partition coefficient (Wildman–Crippen LogP) is 0.778. The van der Waals surface area contributed by atoms with Crippen LogP contribution in [0.2, 0.25) is 0 Å². The molecule has 1 aromatic rings. The van der Waals surface area contributed by atoms with Crippen molar-refractivity contribution in [3.05, 3.63) is 30.1 Å². The van der Waals surface area contributed by atoms with Crippen molar-refractivity contribution in [3.63, 3.8) is 0 Å². The van der Waals surface area contributed by atoms with Gasteiger partial charge >= 0.3 is 0 Å². The zero-order chi connectivity index (χ0) is 19.3. The van der Waals surface area contributed by atoms with Crippen LogP contribution in [0.4, 0.5) is 10.1 Å². The van der Waals surface area contributed by atoms with Gasteiger partial charge in [-0.3, -0.25) is 14.5 Å². The fourth-order valence-electron chi connectivity index (χ4n) is 2.83. The number of amides is 2. The Balaban J connectivity index is 1.88. The molecule has 0 saturated carbocycles. The minimum absolute atomic E-state index is 0.00888. The van der Waals surface area contributed by atoms with Crippen LogP contribution < -0.4 is 10.6 Å². The van der Waals surface area contributed by atoms with Gasteiger partial charge in [0.05, 0.1) is 24.1 Å². The number of likely N-dealkylation sites (N-methyl/N-ethyl adjacent to an activating group) is 1. The van der Waals surface area contributed by atoms with Crippen LogP contribution in [0.5, 0.6) is 0 Å². The lowest BCUT2D eigenvalue weighted by molar-refractivity contribution is -0.125. The summed E-state index contributed by atoms with van der Waals surface area (Å²) < 4.78 is 35.8. The van der Waals surface area contributed by atoms with Crippen LogP contribution in [0, 0.1) is 5.82 Å². The number of nitrogens with one attached hydrogen (secondary N) is 2. The first-order valence-corrected chi connectivity index (χ1v) is 10.3. The van der Waals surface area contributed by atoms with Crippen LogP contribution in [-0.4, -0.2) is 61.8 Å². The summed E-state index contributed by atoms with van der Waals surface area (Å²) in [5.41, 5.74) is 0.472. The largest absolute Gasteiger partial charge is 0.351 e. The molecule has 2 amide bonds.